The third-order valence-electron chi connectivity index (χ3n) is 3.38. The number of hydrogen-bond acceptors (Lipinski definition) is 2. The topological polar surface area (TPSA) is 34.1 Å². The fraction of sp³-hybridized carbons (Fsp3) is 0.429. The summed E-state index contributed by atoms with van der Waals surface area (Å²) >= 11 is 3.39. The molecule has 3 heteroatoms. The SMILES string of the molecule is Cc1ccc(Br)cc1C(=O)C1CCC(=O)CC1. The molecule has 0 amide bonds. The Labute approximate surface area is 110 Å². The van der Waals surface area contributed by atoms with E-state index in [0.717, 1.165) is 15.6 Å². The summed E-state index contributed by atoms with van der Waals surface area (Å²) in [6, 6.07) is 5.77. The Balaban J connectivity index is 2.19. The van der Waals surface area contributed by atoms with Crippen LogP contribution in [0.5, 0.6) is 0 Å². The lowest BCUT2D eigenvalue weighted by Crippen LogP contribution is -2.22. The number of halogens is 1. The van der Waals surface area contributed by atoms with Crippen LogP contribution in [0.15, 0.2) is 22.7 Å². The average Bonchev–Trinajstić information content (AvgIpc) is 2.32. The van der Waals surface area contributed by atoms with Crippen LogP contribution in [0, 0.1) is 12.8 Å². The molecular weight excluding hydrogens is 280 g/mol. The molecule has 0 N–H and O–H groups in total. The van der Waals surface area contributed by atoms with Crippen molar-refractivity contribution in [2.24, 2.45) is 5.92 Å². The van der Waals surface area contributed by atoms with Crippen molar-refractivity contribution in [3.05, 3.63) is 33.8 Å². The Morgan fingerprint density at radius 1 is 1.29 bits per heavy atom. The summed E-state index contributed by atoms with van der Waals surface area (Å²) in [4.78, 5) is 23.5. The van der Waals surface area contributed by atoms with E-state index in [1.807, 2.05) is 25.1 Å². The van der Waals surface area contributed by atoms with Crippen LogP contribution in [0.2, 0.25) is 0 Å². The quantitative estimate of drug-likeness (QED) is 0.780. The highest BCUT2D eigenvalue weighted by molar-refractivity contribution is 9.10. The Bertz CT molecular complexity index is 455. The average molecular weight is 295 g/mol. The molecule has 1 aromatic carbocycles. The number of hydrogen-bond donors (Lipinski definition) is 0. The monoisotopic (exact) mass is 294 g/mol. The van der Waals surface area contributed by atoms with Crippen molar-refractivity contribution < 1.29 is 9.59 Å². The van der Waals surface area contributed by atoms with Crippen molar-refractivity contribution in [3.8, 4) is 0 Å². The highest BCUT2D eigenvalue weighted by Crippen LogP contribution is 2.27. The summed E-state index contributed by atoms with van der Waals surface area (Å²) in [5.74, 6) is 0.511. The first-order chi connectivity index (χ1) is 8.08. The fourth-order valence-electron chi connectivity index (χ4n) is 2.28. The maximum absolute atomic E-state index is 12.3. The minimum absolute atomic E-state index is 0.0284. The van der Waals surface area contributed by atoms with E-state index in [9.17, 15) is 9.59 Å². The molecule has 1 aliphatic carbocycles. The predicted molar refractivity (Wildman–Crippen MR) is 70.2 cm³/mol. The molecule has 1 aliphatic rings. The van der Waals surface area contributed by atoms with Gasteiger partial charge in [0.25, 0.3) is 0 Å². The Kier molecular flexibility index (Phi) is 3.77. The van der Waals surface area contributed by atoms with Crippen LogP contribution in [0.4, 0.5) is 0 Å². The van der Waals surface area contributed by atoms with Crippen LogP contribution < -0.4 is 0 Å². The van der Waals surface area contributed by atoms with Crippen LogP contribution in [0.25, 0.3) is 0 Å². The number of Topliss-reactive ketones (excluding diaryl/α,β-unsaturated/α-hetero) is 2. The molecular formula is C14H15BrO2. The molecule has 0 heterocycles. The van der Waals surface area contributed by atoms with Crippen molar-refractivity contribution in [1.82, 2.24) is 0 Å². The van der Waals surface area contributed by atoms with Crippen molar-refractivity contribution in [2.45, 2.75) is 32.6 Å². The third-order valence-corrected chi connectivity index (χ3v) is 3.87. The van der Waals surface area contributed by atoms with Crippen molar-refractivity contribution in [1.29, 1.82) is 0 Å². The molecule has 1 fully saturated rings. The van der Waals surface area contributed by atoms with E-state index in [1.54, 1.807) is 0 Å². The molecule has 2 rings (SSSR count). The summed E-state index contributed by atoms with van der Waals surface area (Å²) in [7, 11) is 0. The van der Waals surface area contributed by atoms with E-state index in [-0.39, 0.29) is 11.7 Å². The zero-order valence-corrected chi connectivity index (χ0v) is 11.4. The standard InChI is InChI=1S/C14H15BrO2/c1-9-2-5-11(15)8-13(9)14(17)10-3-6-12(16)7-4-10/h2,5,8,10H,3-4,6-7H2,1H3. The van der Waals surface area contributed by atoms with Gasteiger partial charge in [0.2, 0.25) is 0 Å². The first-order valence-electron chi connectivity index (χ1n) is 5.90. The first-order valence-corrected chi connectivity index (χ1v) is 6.69. The molecule has 0 aromatic heterocycles. The lowest BCUT2D eigenvalue weighted by Gasteiger charge is -2.20. The first kappa shape index (κ1) is 12.5. The summed E-state index contributed by atoms with van der Waals surface area (Å²) < 4.78 is 0.929. The Morgan fingerprint density at radius 2 is 1.94 bits per heavy atom. The van der Waals surface area contributed by atoms with Gasteiger partial charge in [-0.15, -0.1) is 0 Å². The van der Waals surface area contributed by atoms with Gasteiger partial charge in [0.05, 0.1) is 0 Å². The molecule has 90 valence electrons. The minimum Gasteiger partial charge on any atom is -0.300 e. The number of carbonyl (C=O) groups is 2. The second kappa shape index (κ2) is 5.13. The number of benzene rings is 1. The number of rotatable bonds is 2. The van der Waals surface area contributed by atoms with Gasteiger partial charge in [-0.2, -0.15) is 0 Å². The molecule has 17 heavy (non-hydrogen) atoms. The largest absolute Gasteiger partial charge is 0.300 e. The Hall–Kier alpha value is -0.960. The van der Waals surface area contributed by atoms with Gasteiger partial charge in [-0.3, -0.25) is 9.59 Å². The fourth-order valence-corrected chi connectivity index (χ4v) is 2.64. The zero-order chi connectivity index (χ0) is 12.4. The van der Waals surface area contributed by atoms with Crippen LogP contribution in [0.1, 0.15) is 41.6 Å². The summed E-state index contributed by atoms with van der Waals surface area (Å²) in [5.41, 5.74) is 1.80. The number of carbonyl (C=O) groups excluding carboxylic acids is 2. The van der Waals surface area contributed by atoms with E-state index in [1.165, 1.54) is 0 Å². The number of aryl methyl sites for hydroxylation is 1. The molecule has 0 aliphatic heterocycles. The van der Waals surface area contributed by atoms with Gasteiger partial charge in [0.1, 0.15) is 5.78 Å². The van der Waals surface area contributed by atoms with Gasteiger partial charge in [0.15, 0.2) is 5.78 Å². The molecule has 0 atom stereocenters. The smallest absolute Gasteiger partial charge is 0.166 e. The lowest BCUT2D eigenvalue weighted by atomic mass is 9.82. The molecule has 0 spiro atoms. The van der Waals surface area contributed by atoms with E-state index < -0.39 is 0 Å². The predicted octanol–water partition coefficient (Wildman–Crippen LogP) is 3.70. The maximum Gasteiger partial charge on any atom is 0.166 e. The maximum atomic E-state index is 12.3. The number of ketones is 2. The third kappa shape index (κ3) is 2.83. The molecule has 1 saturated carbocycles. The van der Waals surface area contributed by atoms with Gasteiger partial charge in [-0.05, 0) is 37.5 Å². The van der Waals surface area contributed by atoms with Gasteiger partial charge in [-0.1, -0.05) is 22.0 Å². The van der Waals surface area contributed by atoms with Crippen LogP contribution in [-0.4, -0.2) is 11.6 Å². The van der Waals surface area contributed by atoms with Gasteiger partial charge < -0.3 is 0 Å². The van der Waals surface area contributed by atoms with E-state index in [2.05, 4.69) is 15.9 Å². The van der Waals surface area contributed by atoms with Crippen molar-refractivity contribution in [2.75, 3.05) is 0 Å². The van der Waals surface area contributed by atoms with Crippen molar-refractivity contribution in [3.63, 3.8) is 0 Å². The van der Waals surface area contributed by atoms with Gasteiger partial charge in [0, 0.05) is 28.8 Å². The molecule has 1 aromatic rings. The molecule has 0 radical (unpaired) electrons. The molecule has 0 bridgehead atoms. The van der Waals surface area contributed by atoms with Crippen molar-refractivity contribution >= 4 is 27.5 Å². The van der Waals surface area contributed by atoms with Crippen LogP contribution >= 0.6 is 15.9 Å². The molecule has 0 unspecified atom stereocenters. The lowest BCUT2D eigenvalue weighted by molar-refractivity contribution is -0.120. The molecule has 0 saturated heterocycles. The molecule has 2 nitrogen and oxygen atoms in total. The van der Waals surface area contributed by atoms with Crippen LogP contribution in [-0.2, 0) is 4.79 Å². The highest BCUT2D eigenvalue weighted by Gasteiger charge is 2.26. The summed E-state index contributed by atoms with van der Waals surface area (Å²) in [5, 5.41) is 0. The summed E-state index contributed by atoms with van der Waals surface area (Å²) in [6.07, 6.45) is 2.54. The second-order valence-electron chi connectivity index (χ2n) is 4.64. The minimum atomic E-state index is 0.0284. The highest BCUT2D eigenvalue weighted by atomic mass is 79.9. The Morgan fingerprint density at radius 3 is 2.59 bits per heavy atom. The van der Waals surface area contributed by atoms with Crippen LogP contribution in [0.3, 0.4) is 0 Å². The van der Waals surface area contributed by atoms with E-state index >= 15 is 0 Å². The second-order valence-corrected chi connectivity index (χ2v) is 5.55. The van der Waals surface area contributed by atoms with Gasteiger partial charge in [-0.25, -0.2) is 0 Å². The van der Waals surface area contributed by atoms with E-state index in [4.69, 9.17) is 0 Å². The van der Waals surface area contributed by atoms with E-state index in [0.29, 0.717) is 31.5 Å². The normalized spacial score (nSPS) is 17.2. The van der Waals surface area contributed by atoms with Gasteiger partial charge >= 0.3 is 0 Å². The zero-order valence-electron chi connectivity index (χ0n) is 9.83. The summed E-state index contributed by atoms with van der Waals surface area (Å²) in [6.45, 7) is 1.95.